The summed E-state index contributed by atoms with van der Waals surface area (Å²) in [7, 11) is 0. The number of amides is 1. The van der Waals surface area contributed by atoms with Crippen LogP contribution in [0.5, 0.6) is 5.75 Å². The number of benzene rings is 2. The van der Waals surface area contributed by atoms with Gasteiger partial charge in [0.05, 0.1) is 5.69 Å². The molecule has 0 aliphatic carbocycles. The fraction of sp³-hybridized carbons (Fsp3) is 0.158. The predicted octanol–water partition coefficient (Wildman–Crippen LogP) is 2.80. The zero-order valence-corrected chi connectivity index (χ0v) is 13.1. The number of rotatable bonds is 3. The lowest BCUT2D eigenvalue weighted by Gasteiger charge is -2.27. The minimum absolute atomic E-state index is 0.0117. The molecule has 0 atom stereocenters. The van der Waals surface area contributed by atoms with Gasteiger partial charge in [0.15, 0.2) is 0 Å². The third kappa shape index (κ3) is 3.39. The zero-order chi connectivity index (χ0) is 16.9. The fourth-order valence-corrected chi connectivity index (χ4v) is 2.72. The average molecular weight is 319 g/mol. The van der Waals surface area contributed by atoms with Gasteiger partial charge in [0.2, 0.25) is 0 Å². The number of nitrogens with zero attached hydrogens (tertiary/aromatic N) is 2. The lowest BCUT2D eigenvalue weighted by molar-refractivity contribution is -0.112. The standard InChI is InChI=1S/C19H17N3O2/c20-11-16(19(24)21-17-7-3-4-8-18(17)23)13-22-10-9-14-5-1-2-6-15(14)12-22/h1-8,13,23H,9-10,12H2,(H,21,24)/b16-13-. The molecule has 2 N–H and O–H groups in total. The van der Waals surface area contributed by atoms with Crippen LogP contribution in [0.4, 0.5) is 5.69 Å². The van der Waals surface area contributed by atoms with Crippen LogP contribution in [0.3, 0.4) is 0 Å². The topological polar surface area (TPSA) is 76.4 Å². The van der Waals surface area contributed by atoms with Gasteiger partial charge in [0.25, 0.3) is 5.91 Å². The van der Waals surface area contributed by atoms with Crippen LogP contribution in [-0.2, 0) is 17.8 Å². The Bertz CT molecular complexity index is 837. The summed E-state index contributed by atoms with van der Waals surface area (Å²) in [5, 5.41) is 21.6. The second-order valence-electron chi connectivity index (χ2n) is 5.62. The Hall–Kier alpha value is -3.26. The Morgan fingerprint density at radius 1 is 1.17 bits per heavy atom. The largest absolute Gasteiger partial charge is 0.506 e. The summed E-state index contributed by atoms with van der Waals surface area (Å²) >= 11 is 0. The number of nitriles is 1. The monoisotopic (exact) mass is 319 g/mol. The Balaban J connectivity index is 1.74. The molecule has 5 heteroatoms. The van der Waals surface area contributed by atoms with E-state index in [4.69, 9.17) is 0 Å². The molecule has 5 nitrogen and oxygen atoms in total. The second kappa shape index (κ2) is 6.88. The molecular formula is C19H17N3O2. The molecule has 1 aliphatic rings. The number of hydrogen-bond donors (Lipinski definition) is 2. The molecule has 0 fully saturated rings. The highest BCUT2D eigenvalue weighted by molar-refractivity contribution is 6.07. The normalized spacial score (nSPS) is 13.8. The van der Waals surface area contributed by atoms with E-state index in [0.717, 1.165) is 13.0 Å². The molecule has 0 bridgehead atoms. The highest BCUT2D eigenvalue weighted by Gasteiger charge is 2.17. The number of hydrogen-bond acceptors (Lipinski definition) is 4. The Morgan fingerprint density at radius 3 is 2.62 bits per heavy atom. The van der Waals surface area contributed by atoms with Crippen molar-refractivity contribution in [2.45, 2.75) is 13.0 Å². The molecular weight excluding hydrogens is 302 g/mol. The van der Waals surface area contributed by atoms with Crippen LogP contribution in [0.1, 0.15) is 11.1 Å². The van der Waals surface area contributed by atoms with E-state index in [1.54, 1.807) is 24.4 Å². The number of phenolic OH excluding ortho intramolecular Hbond substituents is 1. The van der Waals surface area contributed by atoms with Gasteiger partial charge in [0.1, 0.15) is 17.4 Å². The number of nitrogens with one attached hydrogen (secondary N) is 1. The molecule has 0 spiro atoms. The van der Waals surface area contributed by atoms with E-state index in [2.05, 4.69) is 17.4 Å². The smallest absolute Gasteiger partial charge is 0.267 e. The molecule has 0 saturated heterocycles. The van der Waals surface area contributed by atoms with E-state index < -0.39 is 5.91 Å². The molecule has 1 aliphatic heterocycles. The number of fused-ring (bicyclic) bond motifs is 1. The van der Waals surface area contributed by atoms with Crippen molar-refractivity contribution in [1.82, 2.24) is 4.90 Å². The van der Waals surface area contributed by atoms with E-state index in [0.29, 0.717) is 6.54 Å². The van der Waals surface area contributed by atoms with Crippen LogP contribution in [0.25, 0.3) is 0 Å². The second-order valence-corrected chi connectivity index (χ2v) is 5.62. The van der Waals surface area contributed by atoms with Crippen molar-refractivity contribution < 1.29 is 9.90 Å². The number of phenols is 1. The lowest BCUT2D eigenvalue weighted by atomic mass is 10.0. The Labute approximate surface area is 140 Å². The highest BCUT2D eigenvalue weighted by Crippen LogP contribution is 2.23. The lowest BCUT2D eigenvalue weighted by Crippen LogP contribution is -2.27. The molecule has 0 saturated carbocycles. The molecule has 2 aromatic rings. The summed E-state index contributed by atoms with van der Waals surface area (Å²) in [4.78, 5) is 14.2. The van der Waals surface area contributed by atoms with Crippen LogP contribution < -0.4 is 5.32 Å². The van der Waals surface area contributed by atoms with Crippen LogP contribution in [-0.4, -0.2) is 22.5 Å². The van der Waals surface area contributed by atoms with Gasteiger partial charge in [-0.1, -0.05) is 36.4 Å². The molecule has 2 aromatic carbocycles. The number of para-hydroxylation sites is 2. The molecule has 0 aromatic heterocycles. The van der Waals surface area contributed by atoms with Crippen LogP contribution in [0, 0.1) is 11.3 Å². The van der Waals surface area contributed by atoms with Crippen molar-refractivity contribution in [2.75, 3.05) is 11.9 Å². The molecule has 0 radical (unpaired) electrons. The van der Waals surface area contributed by atoms with E-state index >= 15 is 0 Å². The first-order chi connectivity index (χ1) is 11.7. The molecule has 24 heavy (non-hydrogen) atoms. The highest BCUT2D eigenvalue weighted by atomic mass is 16.3. The van der Waals surface area contributed by atoms with Crippen molar-refractivity contribution in [3.05, 3.63) is 71.4 Å². The van der Waals surface area contributed by atoms with Crippen LogP contribution in [0.15, 0.2) is 60.3 Å². The van der Waals surface area contributed by atoms with Gasteiger partial charge in [-0.15, -0.1) is 0 Å². The maximum Gasteiger partial charge on any atom is 0.267 e. The summed E-state index contributed by atoms with van der Waals surface area (Å²) < 4.78 is 0. The molecule has 120 valence electrons. The van der Waals surface area contributed by atoms with E-state index in [1.807, 2.05) is 23.1 Å². The van der Waals surface area contributed by atoms with Gasteiger partial charge in [-0.2, -0.15) is 5.26 Å². The van der Waals surface area contributed by atoms with Crippen molar-refractivity contribution in [3.63, 3.8) is 0 Å². The van der Waals surface area contributed by atoms with E-state index in [9.17, 15) is 15.2 Å². The summed E-state index contributed by atoms with van der Waals surface area (Å²) in [5.41, 5.74) is 2.81. The van der Waals surface area contributed by atoms with Crippen molar-refractivity contribution in [1.29, 1.82) is 5.26 Å². The molecule has 3 rings (SSSR count). The maximum absolute atomic E-state index is 12.3. The van der Waals surface area contributed by atoms with Gasteiger partial charge in [-0.3, -0.25) is 4.79 Å². The first-order valence-electron chi connectivity index (χ1n) is 7.69. The third-order valence-electron chi connectivity index (χ3n) is 3.99. The Kier molecular flexibility index (Phi) is 4.48. The zero-order valence-electron chi connectivity index (χ0n) is 13.1. The summed E-state index contributed by atoms with van der Waals surface area (Å²) in [6.45, 7) is 1.43. The minimum Gasteiger partial charge on any atom is -0.506 e. The number of carbonyl (C=O) groups excluding carboxylic acids is 1. The molecule has 0 unspecified atom stereocenters. The third-order valence-corrected chi connectivity index (χ3v) is 3.99. The van der Waals surface area contributed by atoms with Crippen LogP contribution in [0.2, 0.25) is 0 Å². The van der Waals surface area contributed by atoms with Gasteiger partial charge in [-0.25, -0.2) is 0 Å². The summed E-state index contributed by atoms with van der Waals surface area (Å²) in [5.74, 6) is -0.562. The Morgan fingerprint density at radius 2 is 1.88 bits per heavy atom. The quantitative estimate of drug-likeness (QED) is 0.518. The van der Waals surface area contributed by atoms with E-state index in [1.165, 1.54) is 17.2 Å². The summed E-state index contributed by atoms with van der Waals surface area (Å²) in [6.07, 6.45) is 2.47. The number of anilines is 1. The van der Waals surface area contributed by atoms with Crippen molar-refractivity contribution in [3.8, 4) is 11.8 Å². The first kappa shape index (κ1) is 15.6. The fourth-order valence-electron chi connectivity index (χ4n) is 2.72. The van der Waals surface area contributed by atoms with E-state index in [-0.39, 0.29) is 17.0 Å². The SMILES string of the molecule is N#C/C(=C/N1CCc2ccccc2C1)C(=O)Nc1ccccc1O. The van der Waals surface area contributed by atoms with Gasteiger partial charge < -0.3 is 15.3 Å². The van der Waals surface area contributed by atoms with Gasteiger partial charge in [-0.05, 0) is 29.7 Å². The van der Waals surface area contributed by atoms with Crippen molar-refractivity contribution in [2.24, 2.45) is 0 Å². The molecule has 1 heterocycles. The predicted molar refractivity (Wildman–Crippen MR) is 91.0 cm³/mol. The summed E-state index contributed by atoms with van der Waals surface area (Å²) in [6, 6.07) is 16.5. The van der Waals surface area contributed by atoms with Crippen LogP contribution >= 0.6 is 0 Å². The van der Waals surface area contributed by atoms with Gasteiger partial charge in [0, 0.05) is 19.3 Å². The maximum atomic E-state index is 12.3. The minimum atomic E-state index is -0.530. The average Bonchev–Trinajstić information content (AvgIpc) is 2.61. The van der Waals surface area contributed by atoms with Crippen molar-refractivity contribution >= 4 is 11.6 Å². The number of aromatic hydroxyl groups is 1. The van der Waals surface area contributed by atoms with Gasteiger partial charge >= 0.3 is 0 Å². The molecule has 1 amide bonds. The number of carbonyl (C=O) groups is 1. The first-order valence-corrected chi connectivity index (χ1v) is 7.69.